The van der Waals surface area contributed by atoms with Crippen LogP contribution in [0.1, 0.15) is 22.7 Å². The third kappa shape index (κ3) is 3.88. The van der Waals surface area contributed by atoms with E-state index >= 15 is 0 Å². The molecular weight excluding hydrogens is 468 g/mol. The van der Waals surface area contributed by atoms with Crippen molar-refractivity contribution in [1.82, 2.24) is 9.88 Å². The molecule has 0 saturated carbocycles. The zero-order valence-corrected chi connectivity index (χ0v) is 18.0. The number of Topliss-reactive ketones (excluding diaryl/α,β-unsaturated/α-hetero) is 1. The fourth-order valence-electron chi connectivity index (χ4n) is 3.48. The van der Waals surface area contributed by atoms with Crippen LogP contribution in [0.15, 0.2) is 83.1 Å². The molecule has 5 nitrogen and oxygen atoms in total. The van der Waals surface area contributed by atoms with E-state index in [2.05, 4.69) is 20.9 Å². The summed E-state index contributed by atoms with van der Waals surface area (Å²) in [5, 5.41) is 11.5. The van der Waals surface area contributed by atoms with Crippen molar-refractivity contribution >= 4 is 45.0 Å². The standard InChI is InChI=1S/C23H16BrClN2O3/c24-17-5-1-16(2-6-17)21(28)19-20(15-3-7-18(25)8-4-15)27(23(30)22(19)29)13-14-9-11-26-12-10-14/h1-12,20,28H,13H2/b21-19+. The minimum Gasteiger partial charge on any atom is -0.507 e. The number of likely N-dealkylation sites (tertiary alicyclic amines) is 1. The largest absolute Gasteiger partial charge is 0.507 e. The highest BCUT2D eigenvalue weighted by molar-refractivity contribution is 9.10. The number of aliphatic hydroxyl groups is 1. The molecule has 0 spiro atoms. The van der Waals surface area contributed by atoms with Gasteiger partial charge in [0.15, 0.2) is 0 Å². The van der Waals surface area contributed by atoms with Gasteiger partial charge in [0.25, 0.3) is 11.7 Å². The van der Waals surface area contributed by atoms with E-state index in [4.69, 9.17) is 11.6 Å². The topological polar surface area (TPSA) is 70.5 Å². The number of rotatable bonds is 4. The Bertz CT molecular complexity index is 1130. The normalized spacial score (nSPS) is 18.1. The van der Waals surface area contributed by atoms with Crippen molar-refractivity contribution < 1.29 is 14.7 Å². The quantitative estimate of drug-likeness (QED) is 0.318. The van der Waals surface area contributed by atoms with E-state index < -0.39 is 17.7 Å². The van der Waals surface area contributed by atoms with Crippen molar-refractivity contribution in [3.8, 4) is 0 Å². The molecule has 3 aromatic rings. The molecule has 7 heteroatoms. The summed E-state index contributed by atoms with van der Waals surface area (Å²) in [6.45, 7) is 0.206. The number of hydrogen-bond acceptors (Lipinski definition) is 4. The molecule has 2 aromatic carbocycles. The Balaban J connectivity index is 1.85. The van der Waals surface area contributed by atoms with Gasteiger partial charge in [-0.3, -0.25) is 14.6 Å². The predicted molar refractivity (Wildman–Crippen MR) is 118 cm³/mol. The van der Waals surface area contributed by atoms with Crippen molar-refractivity contribution in [2.75, 3.05) is 0 Å². The number of nitrogens with zero attached hydrogens (tertiary/aromatic N) is 2. The molecule has 1 aliphatic rings. The molecule has 0 aliphatic carbocycles. The number of hydrogen-bond donors (Lipinski definition) is 1. The third-order valence-electron chi connectivity index (χ3n) is 4.95. The van der Waals surface area contributed by atoms with Crippen molar-refractivity contribution in [2.24, 2.45) is 0 Å². The van der Waals surface area contributed by atoms with Crippen molar-refractivity contribution in [3.63, 3.8) is 0 Å². The highest BCUT2D eigenvalue weighted by atomic mass is 79.9. The van der Waals surface area contributed by atoms with Gasteiger partial charge in [0.1, 0.15) is 5.76 Å². The van der Waals surface area contributed by atoms with Crippen LogP contribution in [0.3, 0.4) is 0 Å². The van der Waals surface area contributed by atoms with Gasteiger partial charge < -0.3 is 10.0 Å². The molecule has 1 aromatic heterocycles. The monoisotopic (exact) mass is 482 g/mol. The molecule has 0 radical (unpaired) electrons. The van der Waals surface area contributed by atoms with E-state index in [1.54, 1.807) is 73.1 Å². The van der Waals surface area contributed by atoms with Gasteiger partial charge in [0, 0.05) is 34.0 Å². The lowest BCUT2D eigenvalue weighted by Crippen LogP contribution is -2.29. The maximum absolute atomic E-state index is 13.0. The van der Waals surface area contributed by atoms with Crippen LogP contribution in [-0.2, 0) is 16.1 Å². The lowest BCUT2D eigenvalue weighted by molar-refractivity contribution is -0.140. The van der Waals surface area contributed by atoms with E-state index in [0.29, 0.717) is 16.1 Å². The predicted octanol–water partition coefficient (Wildman–Crippen LogP) is 5.12. The van der Waals surface area contributed by atoms with Crippen LogP contribution in [0.4, 0.5) is 0 Å². The van der Waals surface area contributed by atoms with Crippen molar-refractivity contribution in [3.05, 3.63) is 105 Å². The number of aromatic nitrogens is 1. The van der Waals surface area contributed by atoms with E-state index in [0.717, 1.165) is 10.0 Å². The molecule has 0 bridgehead atoms. The minimum absolute atomic E-state index is 0.0544. The van der Waals surface area contributed by atoms with E-state index in [1.165, 1.54) is 4.90 Å². The van der Waals surface area contributed by atoms with Gasteiger partial charge in [0.2, 0.25) is 0 Å². The number of carbonyl (C=O) groups is 2. The van der Waals surface area contributed by atoms with E-state index in [9.17, 15) is 14.7 Å². The van der Waals surface area contributed by atoms with Crippen LogP contribution in [-0.4, -0.2) is 26.7 Å². The van der Waals surface area contributed by atoms with Crippen LogP contribution in [0.25, 0.3) is 5.76 Å². The average Bonchev–Trinajstić information content (AvgIpc) is 3.00. The molecule has 30 heavy (non-hydrogen) atoms. The number of ketones is 1. The highest BCUT2D eigenvalue weighted by Crippen LogP contribution is 2.40. The van der Waals surface area contributed by atoms with Crippen LogP contribution >= 0.6 is 27.5 Å². The number of carbonyl (C=O) groups excluding carboxylic acids is 2. The second-order valence-electron chi connectivity index (χ2n) is 6.84. The summed E-state index contributed by atoms with van der Waals surface area (Å²) >= 11 is 9.39. The zero-order valence-electron chi connectivity index (χ0n) is 15.6. The van der Waals surface area contributed by atoms with Gasteiger partial charge in [0.05, 0.1) is 11.6 Å². The fourth-order valence-corrected chi connectivity index (χ4v) is 3.87. The van der Waals surface area contributed by atoms with Gasteiger partial charge in [-0.15, -0.1) is 0 Å². The Morgan fingerprint density at radius 3 is 2.27 bits per heavy atom. The van der Waals surface area contributed by atoms with Crippen molar-refractivity contribution in [2.45, 2.75) is 12.6 Å². The van der Waals surface area contributed by atoms with E-state index in [-0.39, 0.29) is 17.9 Å². The summed E-state index contributed by atoms with van der Waals surface area (Å²) in [6, 6.07) is 16.6. The van der Waals surface area contributed by atoms with Crippen molar-refractivity contribution in [1.29, 1.82) is 0 Å². The van der Waals surface area contributed by atoms with E-state index in [1.807, 2.05) is 0 Å². The number of halogens is 2. The first-order valence-electron chi connectivity index (χ1n) is 9.14. The molecule has 4 rings (SSSR count). The molecule has 2 heterocycles. The maximum Gasteiger partial charge on any atom is 0.295 e. The average molecular weight is 484 g/mol. The van der Waals surface area contributed by atoms with Gasteiger partial charge >= 0.3 is 0 Å². The first kappa shape index (κ1) is 20.3. The van der Waals surface area contributed by atoms with Crippen LogP contribution in [0, 0.1) is 0 Å². The molecule has 150 valence electrons. The number of benzene rings is 2. The second kappa shape index (κ2) is 8.42. The summed E-state index contributed by atoms with van der Waals surface area (Å²) < 4.78 is 0.839. The van der Waals surface area contributed by atoms with Crippen LogP contribution in [0.2, 0.25) is 5.02 Å². The molecule has 1 N–H and O–H groups in total. The summed E-state index contributed by atoms with van der Waals surface area (Å²) in [6.07, 6.45) is 3.26. The third-order valence-corrected chi connectivity index (χ3v) is 5.73. The first-order valence-corrected chi connectivity index (χ1v) is 10.3. The zero-order chi connectivity index (χ0) is 21.3. The van der Waals surface area contributed by atoms with Gasteiger partial charge in [-0.1, -0.05) is 51.8 Å². The lowest BCUT2D eigenvalue weighted by Gasteiger charge is -2.25. The minimum atomic E-state index is -0.737. The Morgan fingerprint density at radius 2 is 1.63 bits per heavy atom. The Kier molecular flexibility index (Phi) is 5.70. The molecule has 1 atom stereocenters. The van der Waals surface area contributed by atoms with Gasteiger partial charge in [-0.05, 0) is 47.5 Å². The molecule has 1 fully saturated rings. The maximum atomic E-state index is 13.0. The van der Waals surface area contributed by atoms with Crippen LogP contribution in [0.5, 0.6) is 0 Å². The summed E-state index contributed by atoms with van der Waals surface area (Å²) in [5.74, 6) is -1.59. The molecular formula is C23H16BrClN2O3. The number of amides is 1. The van der Waals surface area contributed by atoms with Gasteiger partial charge in [-0.25, -0.2) is 0 Å². The van der Waals surface area contributed by atoms with Crippen LogP contribution < -0.4 is 0 Å². The summed E-state index contributed by atoms with van der Waals surface area (Å²) in [7, 11) is 0. The van der Waals surface area contributed by atoms with Gasteiger partial charge in [-0.2, -0.15) is 0 Å². The Hall–Kier alpha value is -2.96. The Morgan fingerprint density at radius 1 is 1.00 bits per heavy atom. The SMILES string of the molecule is O=C1C(=O)N(Cc2ccncc2)C(c2ccc(Cl)cc2)/C1=C(\O)c1ccc(Br)cc1. The molecule has 1 saturated heterocycles. The smallest absolute Gasteiger partial charge is 0.295 e. The number of aliphatic hydroxyl groups excluding tert-OH is 1. The summed E-state index contributed by atoms with van der Waals surface area (Å²) in [4.78, 5) is 31.4. The fraction of sp³-hybridized carbons (Fsp3) is 0.0870. The first-order chi connectivity index (χ1) is 14.5. The lowest BCUT2D eigenvalue weighted by atomic mass is 9.95. The highest BCUT2D eigenvalue weighted by Gasteiger charge is 2.46. The molecule has 1 unspecified atom stereocenters. The molecule has 1 amide bonds. The number of pyridine rings is 1. The Labute approximate surface area is 186 Å². The second-order valence-corrected chi connectivity index (χ2v) is 8.19. The summed E-state index contributed by atoms with van der Waals surface area (Å²) in [5.41, 5.74) is 2.03. The molecule has 1 aliphatic heterocycles.